The lowest BCUT2D eigenvalue weighted by molar-refractivity contribution is -0.141. The molecule has 0 amide bonds. The lowest BCUT2D eigenvalue weighted by atomic mass is 10.1. The molecule has 2 rings (SSSR count). The van der Waals surface area contributed by atoms with Crippen molar-refractivity contribution in [3.8, 4) is 0 Å². The van der Waals surface area contributed by atoms with Gasteiger partial charge in [0.05, 0.1) is 12.3 Å². The second kappa shape index (κ2) is 6.22. The van der Waals surface area contributed by atoms with Gasteiger partial charge >= 0.3 is 5.97 Å². The molecular formula is C15H18N2O2S. The minimum atomic E-state index is -0.362. The highest BCUT2D eigenvalue weighted by Crippen LogP contribution is 2.29. The van der Waals surface area contributed by atoms with E-state index in [1.165, 1.54) is 11.8 Å². The first-order valence-corrected chi connectivity index (χ1v) is 7.43. The zero-order valence-electron chi connectivity index (χ0n) is 12.1. The Morgan fingerprint density at radius 2 is 2.15 bits per heavy atom. The summed E-state index contributed by atoms with van der Waals surface area (Å²) in [4.78, 5) is 20.7. The molecule has 0 unspecified atom stereocenters. The zero-order valence-corrected chi connectivity index (χ0v) is 13.0. The van der Waals surface area contributed by atoms with Crippen LogP contribution in [0.2, 0.25) is 0 Å². The van der Waals surface area contributed by atoms with Crippen LogP contribution in [0.25, 0.3) is 0 Å². The molecule has 1 aromatic rings. The first-order chi connectivity index (χ1) is 9.51. The Labute approximate surface area is 123 Å². The van der Waals surface area contributed by atoms with E-state index in [2.05, 4.69) is 16.1 Å². The van der Waals surface area contributed by atoms with Crippen molar-refractivity contribution >= 4 is 34.3 Å². The van der Waals surface area contributed by atoms with Crippen molar-refractivity contribution in [2.75, 3.05) is 6.61 Å². The van der Waals surface area contributed by atoms with Gasteiger partial charge in [-0.1, -0.05) is 23.9 Å². The number of rotatable bonds is 3. The largest absolute Gasteiger partial charge is 0.465 e. The summed E-state index contributed by atoms with van der Waals surface area (Å²) in [5, 5.41) is 0.257. The van der Waals surface area contributed by atoms with E-state index >= 15 is 0 Å². The van der Waals surface area contributed by atoms with Crippen LogP contribution in [0.5, 0.6) is 0 Å². The van der Waals surface area contributed by atoms with Crippen molar-refractivity contribution in [1.82, 2.24) is 0 Å². The van der Waals surface area contributed by atoms with Crippen molar-refractivity contribution in [1.29, 1.82) is 0 Å². The molecule has 0 saturated heterocycles. The molecule has 0 bridgehead atoms. The van der Waals surface area contributed by atoms with Crippen molar-refractivity contribution < 1.29 is 9.53 Å². The molecule has 0 radical (unpaired) electrons. The Balaban J connectivity index is 2.22. The molecule has 0 spiro atoms. The molecule has 4 nitrogen and oxygen atoms in total. The number of esters is 1. The first kappa shape index (κ1) is 14.8. The van der Waals surface area contributed by atoms with Crippen LogP contribution in [0.1, 0.15) is 25.0 Å². The van der Waals surface area contributed by atoms with Gasteiger partial charge in [-0.05, 0) is 44.9 Å². The predicted molar refractivity (Wildman–Crippen MR) is 84.1 cm³/mol. The SMILES string of the molecule is CCOC(=O)[C@H]1SC(=Nc2cc(C)ccc2C)N=C1C. The van der Waals surface area contributed by atoms with Gasteiger partial charge in [-0.2, -0.15) is 0 Å². The molecule has 5 heteroatoms. The smallest absolute Gasteiger partial charge is 0.325 e. The zero-order chi connectivity index (χ0) is 14.7. The second-order valence-electron chi connectivity index (χ2n) is 4.69. The number of carbonyl (C=O) groups excluding carboxylic acids is 1. The van der Waals surface area contributed by atoms with Crippen LogP contribution in [0.4, 0.5) is 5.69 Å². The summed E-state index contributed by atoms with van der Waals surface area (Å²) in [5.74, 6) is -0.245. The Bertz CT molecular complexity index is 594. The maximum atomic E-state index is 11.8. The minimum absolute atomic E-state index is 0.245. The van der Waals surface area contributed by atoms with Crippen molar-refractivity contribution in [2.45, 2.75) is 32.9 Å². The van der Waals surface area contributed by atoms with Gasteiger partial charge in [0.1, 0.15) is 5.25 Å². The Kier molecular flexibility index (Phi) is 4.60. The van der Waals surface area contributed by atoms with E-state index in [9.17, 15) is 4.79 Å². The Hall–Kier alpha value is -1.62. The molecule has 1 aliphatic heterocycles. The number of hydrogen-bond acceptors (Lipinski definition) is 4. The number of hydrogen-bond donors (Lipinski definition) is 0. The third kappa shape index (κ3) is 3.28. The first-order valence-electron chi connectivity index (χ1n) is 6.55. The maximum absolute atomic E-state index is 11.8. The summed E-state index contributed by atoms with van der Waals surface area (Å²) in [6, 6.07) is 6.11. The lowest BCUT2D eigenvalue weighted by Crippen LogP contribution is -2.24. The molecule has 1 heterocycles. The van der Waals surface area contributed by atoms with Crippen LogP contribution in [-0.4, -0.2) is 28.7 Å². The summed E-state index contributed by atoms with van der Waals surface area (Å²) in [6.07, 6.45) is 0. The van der Waals surface area contributed by atoms with Gasteiger partial charge < -0.3 is 4.74 Å². The third-order valence-electron chi connectivity index (χ3n) is 2.96. The fraction of sp³-hybridized carbons (Fsp3) is 0.400. The van der Waals surface area contributed by atoms with Crippen LogP contribution >= 0.6 is 11.8 Å². The van der Waals surface area contributed by atoms with E-state index in [1.54, 1.807) is 6.92 Å². The monoisotopic (exact) mass is 290 g/mol. The predicted octanol–water partition coefficient (Wildman–Crippen LogP) is 3.43. The topological polar surface area (TPSA) is 51.0 Å². The molecule has 0 aromatic heterocycles. The van der Waals surface area contributed by atoms with E-state index in [4.69, 9.17) is 4.74 Å². The van der Waals surface area contributed by atoms with E-state index < -0.39 is 0 Å². The van der Waals surface area contributed by atoms with Crippen LogP contribution in [0, 0.1) is 13.8 Å². The number of nitrogens with zero attached hydrogens (tertiary/aromatic N) is 2. The van der Waals surface area contributed by atoms with E-state index in [1.807, 2.05) is 32.9 Å². The molecule has 0 saturated carbocycles. The quantitative estimate of drug-likeness (QED) is 0.801. The second-order valence-corrected chi connectivity index (χ2v) is 5.76. The standard InChI is InChI=1S/C15H18N2O2S/c1-5-19-14(18)13-11(4)16-15(20-13)17-12-8-9(2)6-7-10(12)3/h6-8,13H,5H2,1-4H3/t13-/m0/s1. The fourth-order valence-electron chi connectivity index (χ4n) is 1.86. The molecule has 1 atom stereocenters. The summed E-state index contributed by atoms with van der Waals surface area (Å²) < 4.78 is 5.04. The number of aryl methyl sites for hydroxylation is 2. The summed E-state index contributed by atoms with van der Waals surface area (Å²) in [6.45, 7) is 8.06. The highest BCUT2D eigenvalue weighted by molar-refractivity contribution is 8.16. The molecule has 1 aliphatic rings. The number of ether oxygens (including phenoxy) is 1. The molecular weight excluding hydrogens is 272 g/mol. The molecule has 106 valence electrons. The van der Waals surface area contributed by atoms with Gasteiger partial charge in [0.2, 0.25) is 0 Å². The molecule has 20 heavy (non-hydrogen) atoms. The summed E-state index contributed by atoms with van der Waals surface area (Å²) >= 11 is 1.35. The van der Waals surface area contributed by atoms with Crippen molar-refractivity contribution in [3.63, 3.8) is 0 Å². The third-order valence-corrected chi connectivity index (χ3v) is 4.12. The van der Waals surface area contributed by atoms with Crippen molar-refractivity contribution in [2.24, 2.45) is 9.98 Å². The normalized spacial score (nSPS) is 20.1. The van der Waals surface area contributed by atoms with Gasteiger partial charge in [-0.15, -0.1) is 0 Å². The van der Waals surface area contributed by atoms with Crippen molar-refractivity contribution in [3.05, 3.63) is 29.3 Å². The molecule has 0 N–H and O–H groups in total. The Morgan fingerprint density at radius 1 is 1.40 bits per heavy atom. The van der Waals surface area contributed by atoms with Crippen LogP contribution in [0.15, 0.2) is 28.2 Å². The van der Waals surface area contributed by atoms with Gasteiger partial charge in [-0.25, -0.2) is 9.98 Å². The highest BCUT2D eigenvalue weighted by Gasteiger charge is 2.31. The number of aliphatic imine (C=N–C) groups is 2. The van der Waals surface area contributed by atoms with E-state index in [-0.39, 0.29) is 11.2 Å². The number of thioether (sulfide) groups is 1. The lowest BCUT2D eigenvalue weighted by Gasteiger charge is -2.07. The summed E-state index contributed by atoms with van der Waals surface area (Å²) in [7, 11) is 0. The minimum Gasteiger partial charge on any atom is -0.465 e. The fourth-order valence-corrected chi connectivity index (χ4v) is 2.80. The molecule has 0 aliphatic carbocycles. The maximum Gasteiger partial charge on any atom is 0.325 e. The van der Waals surface area contributed by atoms with Crippen LogP contribution < -0.4 is 0 Å². The van der Waals surface area contributed by atoms with E-state index in [0.29, 0.717) is 11.8 Å². The number of benzene rings is 1. The number of carbonyl (C=O) groups is 1. The highest BCUT2D eigenvalue weighted by atomic mass is 32.2. The van der Waals surface area contributed by atoms with Gasteiger partial charge in [0.25, 0.3) is 0 Å². The van der Waals surface area contributed by atoms with E-state index in [0.717, 1.165) is 22.5 Å². The molecule has 1 aromatic carbocycles. The average molecular weight is 290 g/mol. The van der Waals surface area contributed by atoms with Crippen LogP contribution in [0.3, 0.4) is 0 Å². The molecule has 0 fully saturated rings. The average Bonchev–Trinajstić information content (AvgIpc) is 2.75. The summed E-state index contributed by atoms with van der Waals surface area (Å²) in [5.41, 5.74) is 3.89. The van der Waals surface area contributed by atoms with Gasteiger partial charge in [0, 0.05) is 5.71 Å². The van der Waals surface area contributed by atoms with Crippen LogP contribution in [-0.2, 0) is 9.53 Å². The van der Waals surface area contributed by atoms with Gasteiger partial charge in [-0.3, -0.25) is 4.79 Å². The van der Waals surface area contributed by atoms with Gasteiger partial charge in [0.15, 0.2) is 5.17 Å². The Morgan fingerprint density at radius 3 is 2.85 bits per heavy atom. The number of amidine groups is 1.